The minimum atomic E-state index is 0.962. The van der Waals surface area contributed by atoms with Crippen molar-refractivity contribution < 1.29 is 0 Å². The molecule has 0 atom stereocenters. The molecular formula is C8H17N. The molecule has 0 fully saturated rings. The Hall–Kier alpha value is -0.0400. The third kappa shape index (κ3) is 7.96. The monoisotopic (exact) mass is 127 g/mol. The first kappa shape index (κ1) is 8.96. The minimum absolute atomic E-state index is 0.962. The topological polar surface area (TPSA) is 12.0 Å². The predicted molar refractivity (Wildman–Crippen MR) is 41.1 cm³/mol. The second-order valence-corrected chi connectivity index (χ2v) is 2.37. The van der Waals surface area contributed by atoms with Crippen molar-refractivity contribution in [3.8, 4) is 0 Å². The van der Waals surface area contributed by atoms with Crippen molar-refractivity contribution in [2.75, 3.05) is 6.54 Å². The first-order valence-corrected chi connectivity index (χ1v) is 3.85. The lowest BCUT2D eigenvalue weighted by atomic mass is 10.1. The smallest absolute Gasteiger partial charge is 0.0407 e. The molecule has 0 spiro atoms. The summed E-state index contributed by atoms with van der Waals surface area (Å²) >= 11 is 0. The molecule has 0 unspecified atom stereocenters. The van der Waals surface area contributed by atoms with Gasteiger partial charge in [-0.25, -0.2) is 0 Å². The van der Waals surface area contributed by atoms with Gasteiger partial charge in [0.25, 0.3) is 0 Å². The zero-order valence-corrected chi connectivity index (χ0v) is 6.32. The van der Waals surface area contributed by atoms with Crippen molar-refractivity contribution in [3.63, 3.8) is 0 Å². The summed E-state index contributed by atoms with van der Waals surface area (Å²) in [5.74, 6) is 0. The van der Waals surface area contributed by atoms with E-state index >= 15 is 0 Å². The number of hydrogen-bond acceptors (Lipinski definition) is 1. The van der Waals surface area contributed by atoms with Gasteiger partial charge in [-0.3, -0.25) is 0 Å². The van der Waals surface area contributed by atoms with Gasteiger partial charge in [0.15, 0.2) is 0 Å². The maximum Gasteiger partial charge on any atom is 0.0407 e. The van der Waals surface area contributed by atoms with Crippen LogP contribution in [-0.2, 0) is 0 Å². The van der Waals surface area contributed by atoms with Crippen LogP contribution in [0.4, 0.5) is 0 Å². The van der Waals surface area contributed by atoms with Gasteiger partial charge in [-0.15, -0.1) is 0 Å². The fourth-order valence-corrected chi connectivity index (χ4v) is 0.831. The molecule has 0 rings (SSSR count). The predicted octanol–water partition coefficient (Wildman–Crippen LogP) is 2.21. The summed E-state index contributed by atoms with van der Waals surface area (Å²) in [7, 11) is 5.09. The molecule has 0 aliphatic heterocycles. The van der Waals surface area contributed by atoms with Gasteiger partial charge in [0.1, 0.15) is 0 Å². The molecule has 0 saturated carbocycles. The van der Waals surface area contributed by atoms with Gasteiger partial charge >= 0.3 is 0 Å². The first-order chi connectivity index (χ1) is 4.41. The highest BCUT2D eigenvalue weighted by atomic mass is 14.8. The molecule has 0 heterocycles. The van der Waals surface area contributed by atoms with Gasteiger partial charge in [-0.2, -0.15) is 0 Å². The lowest BCUT2D eigenvalue weighted by Crippen LogP contribution is -2.03. The number of hydrogen-bond donors (Lipinski definition) is 1. The van der Waals surface area contributed by atoms with Crippen molar-refractivity contribution in [1.29, 1.82) is 0 Å². The molecule has 0 aliphatic rings. The van der Waals surface area contributed by atoms with E-state index in [2.05, 4.69) is 12.2 Å². The van der Waals surface area contributed by atoms with E-state index in [4.69, 9.17) is 7.05 Å². The zero-order chi connectivity index (χ0) is 6.95. The van der Waals surface area contributed by atoms with Crippen LogP contribution in [0.1, 0.15) is 39.0 Å². The average Bonchev–Trinajstić information content (AvgIpc) is 1.89. The molecule has 0 bridgehead atoms. The number of rotatable bonds is 6. The summed E-state index contributed by atoms with van der Waals surface area (Å²) in [6, 6.07) is 0. The summed E-state index contributed by atoms with van der Waals surface area (Å²) in [5, 5.41) is 2.64. The zero-order valence-electron chi connectivity index (χ0n) is 6.32. The van der Waals surface area contributed by atoms with Gasteiger partial charge in [-0.05, 0) is 13.0 Å². The minimum Gasteiger partial charge on any atom is -0.311 e. The molecule has 0 aromatic rings. The third-order valence-corrected chi connectivity index (χ3v) is 1.42. The van der Waals surface area contributed by atoms with Gasteiger partial charge in [0, 0.05) is 7.05 Å². The molecule has 9 heavy (non-hydrogen) atoms. The van der Waals surface area contributed by atoms with Crippen molar-refractivity contribution in [3.05, 3.63) is 7.05 Å². The van der Waals surface area contributed by atoms with E-state index in [-0.39, 0.29) is 0 Å². The molecule has 2 radical (unpaired) electrons. The Morgan fingerprint density at radius 1 is 1.11 bits per heavy atom. The van der Waals surface area contributed by atoms with E-state index in [0.29, 0.717) is 0 Å². The molecule has 0 amide bonds. The average molecular weight is 127 g/mol. The molecular weight excluding hydrogens is 110 g/mol. The highest BCUT2D eigenvalue weighted by Gasteiger charge is 1.85. The maximum atomic E-state index is 5.09. The molecule has 1 heteroatoms. The Kier molecular flexibility index (Phi) is 7.92. The molecule has 1 nitrogen and oxygen atoms in total. The van der Waals surface area contributed by atoms with E-state index in [1.54, 1.807) is 0 Å². The van der Waals surface area contributed by atoms with Crippen LogP contribution >= 0.6 is 0 Å². The largest absolute Gasteiger partial charge is 0.311 e. The lowest BCUT2D eigenvalue weighted by molar-refractivity contribution is 0.618. The standard InChI is InChI=1S/C8H17N/c1-3-4-5-6-7-8-9-2/h2,9H,3-8H2,1H3. The summed E-state index contributed by atoms with van der Waals surface area (Å²) in [5.41, 5.74) is 0. The second-order valence-electron chi connectivity index (χ2n) is 2.37. The Balaban J connectivity index is 2.60. The Morgan fingerprint density at radius 3 is 2.33 bits per heavy atom. The Bertz CT molecular complexity index is 37.8. The fourth-order valence-electron chi connectivity index (χ4n) is 0.831. The van der Waals surface area contributed by atoms with Crippen molar-refractivity contribution in [2.24, 2.45) is 0 Å². The van der Waals surface area contributed by atoms with Crippen LogP contribution in [0.5, 0.6) is 0 Å². The quantitative estimate of drug-likeness (QED) is 0.426. The van der Waals surface area contributed by atoms with Crippen LogP contribution in [0.15, 0.2) is 0 Å². The van der Waals surface area contributed by atoms with Crippen molar-refractivity contribution in [2.45, 2.75) is 39.0 Å². The van der Waals surface area contributed by atoms with Crippen LogP contribution in [0.3, 0.4) is 0 Å². The number of unbranched alkanes of at least 4 members (excludes halogenated alkanes) is 4. The summed E-state index contributed by atoms with van der Waals surface area (Å²) < 4.78 is 0. The molecule has 0 saturated heterocycles. The molecule has 1 N–H and O–H groups in total. The first-order valence-electron chi connectivity index (χ1n) is 3.85. The van der Waals surface area contributed by atoms with E-state index in [9.17, 15) is 0 Å². The maximum absolute atomic E-state index is 5.09. The molecule has 0 aliphatic carbocycles. The fraction of sp³-hybridized carbons (Fsp3) is 0.875. The van der Waals surface area contributed by atoms with Gasteiger partial charge in [-0.1, -0.05) is 32.6 Å². The SMILES string of the molecule is [CH]NCCCCCCC. The molecule has 0 aromatic carbocycles. The van der Waals surface area contributed by atoms with Crippen LogP contribution in [0.25, 0.3) is 0 Å². The van der Waals surface area contributed by atoms with E-state index < -0.39 is 0 Å². The van der Waals surface area contributed by atoms with Crippen LogP contribution in [0.2, 0.25) is 0 Å². The third-order valence-electron chi connectivity index (χ3n) is 1.42. The molecule has 0 aromatic heterocycles. The summed E-state index contributed by atoms with van der Waals surface area (Å²) in [4.78, 5) is 0. The van der Waals surface area contributed by atoms with Crippen LogP contribution < -0.4 is 5.32 Å². The summed E-state index contributed by atoms with van der Waals surface area (Å²) in [6.07, 6.45) is 6.58. The number of nitrogens with one attached hydrogen (secondary N) is 1. The van der Waals surface area contributed by atoms with E-state index in [0.717, 1.165) is 6.54 Å². The normalized spacial score (nSPS) is 10.0. The van der Waals surface area contributed by atoms with Gasteiger partial charge in [0.2, 0.25) is 0 Å². The lowest BCUT2D eigenvalue weighted by Gasteiger charge is -1.97. The van der Waals surface area contributed by atoms with Gasteiger partial charge < -0.3 is 5.32 Å². The Morgan fingerprint density at radius 2 is 1.78 bits per heavy atom. The van der Waals surface area contributed by atoms with Gasteiger partial charge in [0.05, 0.1) is 0 Å². The second kappa shape index (κ2) is 7.96. The van der Waals surface area contributed by atoms with Crippen LogP contribution in [-0.4, -0.2) is 6.54 Å². The van der Waals surface area contributed by atoms with Crippen molar-refractivity contribution in [1.82, 2.24) is 5.32 Å². The molecule has 54 valence electrons. The summed E-state index contributed by atoms with van der Waals surface area (Å²) in [6.45, 7) is 3.19. The highest BCUT2D eigenvalue weighted by Crippen LogP contribution is 2.00. The highest BCUT2D eigenvalue weighted by molar-refractivity contribution is 4.45. The van der Waals surface area contributed by atoms with Crippen molar-refractivity contribution >= 4 is 0 Å². The van der Waals surface area contributed by atoms with E-state index in [1.807, 2.05) is 0 Å². The van der Waals surface area contributed by atoms with E-state index in [1.165, 1.54) is 32.1 Å². The Labute approximate surface area is 58.8 Å². The van der Waals surface area contributed by atoms with Crippen LogP contribution in [0, 0.1) is 7.05 Å².